The molecule has 1 aliphatic rings. The highest BCUT2D eigenvalue weighted by Gasteiger charge is 2.22. The van der Waals surface area contributed by atoms with Gasteiger partial charge in [0.15, 0.2) is 0 Å². The second-order valence-electron chi connectivity index (χ2n) is 8.07. The van der Waals surface area contributed by atoms with Gasteiger partial charge in [-0.15, -0.1) is 11.3 Å². The molecule has 1 aliphatic heterocycles. The number of nitriles is 1. The van der Waals surface area contributed by atoms with Crippen LogP contribution in [0.5, 0.6) is 0 Å². The Morgan fingerprint density at radius 1 is 1.26 bits per heavy atom. The molecule has 0 aliphatic carbocycles. The number of aromatic nitrogens is 3. The van der Waals surface area contributed by atoms with Crippen molar-refractivity contribution in [2.24, 2.45) is 11.7 Å². The van der Waals surface area contributed by atoms with Crippen molar-refractivity contribution in [3.05, 3.63) is 58.5 Å². The number of thiazole rings is 1. The number of nitrogens with zero attached hydrogens (tertiary/aromatic N) is 5. The van der Waals surface area contributed by atoms with E-state index in [-0.39, 0.29) is 22.6 Å². The number of hydrogen-bond donors (Lipinski definition) is 3. The lowest BCUT2D eigenvalue weighted by Crippen LogP contribution is -2.38. The number of carbonyl (C=O) groups is 2. The lowest BCUT2D eigenvalue weighted by Gasteiger charge is -2.31. The molecule has 0 bridgehead atoms. The average molecular weight is 477 g/mol. The molecule has 1 saturated heterocycles. The fourth-order valence-corrected chi connectivity index (χ4v) is 4.79. The number of anilines is 1. The van der Waals surface area contributed by atoms with Gasteiger partial charge in [0.25, 0.3) is 11.8 Å². The molecule has 5 N–H and O–H groups in total. The zero-order valence-electron chi connectivity index (χ0n) is 18.4. The first-order chi connectivity index (χ1) is 16.4. The van der Waals surface area contributed by atoms with E-state index in [0.29, 0.717) is 12.5 Å². The summed E-state index contributed by atoms with van der Waals surface area (Å²) in [7, 11) is 0. The summed E-state index contributed by atoms with van der Waals surface area (Å²) in [5.41, 5.74) is 11.5. The summed E-state index contributed by atoms with van der Waals surface area (Å²) in [4.78, 5) is 40.5. The van der Waals surface area contributed by atoms with E-state index in [9.17, 15) is 9.59 Å². The first kappa shape index (κ1) is 23.3. The third kappa shape index (κ3) is 5.36. The van der Waals surface area contributed by atoms with Gasteiger partial charge >= 0.3 is 0 Å². The first-order valence-corrected chi connectivity index (χ1v) is 11.6. The Labute approximate surface area is 200 Å². The molecule has 3 aromatic heterocycles. The van der Waals surface area contributed by atoms with Crippen LogP contribution in [0.25, 0.3) is 10.7 Å². The van der Waals surface area contributed by atoms with E-state index < -0.39 is 11.8 Å². The number of amides is 2. The fraction of sp³-hybridized carbons (Fsp3) is 0.304. The van der Waals surface area contributed by atoms with Crippen LogP contribution in [0.3, 0.4) is 0 Å². The maximum atomic E-state index is 12.6. The van der Waals surface area contributed by atoms with E-state index in [2.05, 4.69) is 25.2 Å². The van der Waals surface area contributed by atoms with Crippen molar-refractivity contribution in [3.63, 3.8) is 0 Å². The molecule has 4 rings (SSSR count). The second-order valence-corrected chi connectivity index (χ2v) is 9.19. The van der Waals surface area contributed by atoms with Gasteiger partial charge in [-0.2, -0.15) is 5.26 Å². The van der Waals surface area contributed by atoms with Gasteiger partial charge in [-0.3, -0.25) is 19.5 Å². The Hall–Kier alpha value is -3.88. The van der Waals surface area contributed by atoms with Crippen molar-refractivity contribution in [1.82, 2.24) is 25.2 Å². The van der Waals surface area contributed by atoms with Gasteiger partial charge in [0.1, 0.15) is 28.0 Å². The van der Waals surface area contributed by atoms with Crippen LogP contribution >= 0.6 is 11.3 Å². The van der Waals surface area contributed by atoms with E-state index in [4.69, 9.17) is 16.7 Å². The minimum Gasteiger partial charge on any atom is -0.398 e. The summed E-state index contributed by atoms with van der Waals surface area (Å²) in [6.45, 7) is 3.18. The summed E-state index contributed by atoms with van der Waals surface area (Å²) >= 11 is 1.66. The average Bonchev–Trinajstić information content (AvgIpc) is 3.32. The van der Waals surface area contributed by atoms with Gasteiger partial charge in [0, 0.05) is 30.4 Å². The smallest absolute Gasteiger partial charge is 0.269 e. The number of likely N-dealkylation sites (tertiary alicyclic amines) is 1. The minimum absolute atomic E-state index is 0.000900. The summed E-state index contributed by atoms with van der Waals surface area (Å²) in [5, 5.41) is 12.9. The van der Waals surface area contributed by atoms with Gasteiger partial charge in [0.05, 0.1) is 11.4 Å². The molecule has 0 spiro atoms. The van der Waals surface area contributed by atoms with E-state index in [1.165, 1.54) is 10.9 Å². The van der Waals surface area contributed by atoms with Gasteiger partial charge in [-0.25, -0.2) is 9.97 Å². The number of carbonyl (C=O) groups excluding carboxylic acids is 2. The predicted octanol–water partition coefficient (Wildman–Crippen LogP) is 1.79. The van der Waals surface area contributed by atoms with Crippen LogP contribution in [0.1, 0.15) is 44.3 Å². The maximum Gasteiger partial charge on any atom is 0.269 e. The number of nitrogens with one attached hydrogen (secondary N) is 1. The largest absolute Gasteiger partial charge is 0.398 e. The molecule has 0 saturated carbocycles. The Balaban J connectivity index is 1.27. The van der Waals surface area contributed by atoms with Crippen LogP contribution in [0.2, 0.25) is 0 Å². The number of rotatable bonds is 7. The molecule has 0 atom stereocenters. The van der Waals surface area contributed by atoms with Crippen LogP contribution < -0.4 is 16.8 Å². The zero-order chi connectivity index (χ0) is 24.1. The molecule has 4 heterocycles. The Morgan fingerprint density at radius 3 is 2.74 bits per heavy atom. The predicted molar refractivity (Wildman–Crippen MR) is 128 cm³/mol. The lowest BCUT2D eigenvalue weighted by molar-refractivity contribution is 0.0930. The molecule has 0 aromatic carbocycles. The third-order valence-electron chi connectivity index (χ3n) is 5.70. The summed E-state index contributed by atoms with van der Waals surface area (Å²) in [6.07, 6.45) is 5.57. The van der Waals surface area contributed by atoms with Crippen LogP contribution in [-0.4, -0.2) is 51.3 Å². The van der Waals surface area contributed by atoms with E-state index in [0.717, 1.165) is 43.2 Å². The SMILES string of the molecule is N#Cc1c(N)cc(C(=O)NCC2CCN(Cc3cnc(-c4ccccn4)s3)CC2)nc1C(N)=O. The number of pyridine rings is 2. The van der Waals surface area contributed by atoms with Crippen molar-refractivity contribution in [1.29, 1.82) is 5.26 Å². The van der Waals surface area contributed by atoms with Crippen LogP contribution in [0.15, 0.2) is 36.7 Å². The van der Waals surface area contributed by atoms with E-state index in [1.54, 1.807) is 23.6 Å². The van der Waals surface area contributed by atoms with Crippen molar-refractivity contribution < 1.29 is 9.59 Å². The van der Waals surface area contributed by atoms with Crippen molar-refractivity contribution >= 4 is 28.8 Å². The molecule has 2 amide bonds. The van der Waals surface area contributed by atoms with Crippen molar-refractivity contribution in [2.45, 2.75) is 19.4 Å². The van der Waals surface area contributed by atoms with Gasteiger partial charge in [-0.1, -0.05) is 6.07 Å². The Morgan fingerprint density at radius 2 is 2.06 bits per heavy atom. The number of nitrogens with two attached hydrogens (primary N) is 2. The monoisotopic (exact) mass is 476 g/mol. The lowest BCUT2D eigenvalue weighted by atomic mass is 9.96. The molecule has 10 nitrogen and oxygen atoms in total. The molecule has 174 valence electrons. The van der Waals surface area contributed by atoms with Gasteiger partial charge in [0.2, 0.25) is 0 Å². The standard InChI is InChI=1S/C23H24N8O2S/c24-10-16-17(25)9-19(30-20(16)21(26)32)22(33)28-11-14-4-7-31(8-5-14)13-15-12-29-23(34-15)18-3-1-2-6-27-18/h1-3,6,9,12,14H,4-5,7-8,11,13H2,(H2,25,30)(H2,26,32)(H,28,33). The minimum atomic E-state index is -0.904. The molecule has 11 heteroatoms. The van der Waals surface area contributed by atoms with Crippen LogP contribution in [0.4, 0.5) is 5.69 Å². The third-order valence-corrected chi connectivity index (χ3v) is 6.71. The summed E-state index contributed by atoms with van der Waals surface area (Å²) < 4.78 is 0. The van der Waals surface area contributed by atoms with E-state index >= 15 is 0 Å². The molecule has 0 radical (unpaired) electrons. The van der Waals surface area contributed by atoms with Crippen molar-refractivity contribution in [2.75, 3.05) is 25.4 Å². The van der Waals surface area contributed by atoms with Crippen LogP contribution in [-0.2, 0) is 6.54 Å². The summed E-state index contributed by atoms with van der Waals surface area (Å²) in [6, 6.07) is 8.88. The molecule has 34 heavy (non-hydrogen) atoms. The molecule has 3 aromatic rings. The Bertz CT molecular complexity index is 1230. The topological polar surface area (TPSA) is 164 Å². The van der Waals surface area contributed by atoms with Gasteiger partial charge in [-0.05, 0) is 50.0 Å². The van der Waals surface area contributed by atoms with Crippen LogP contribution in [0, 0.1) is 17.2 Å². The second kappa shape index (κ2) is 10.4. The normalized spacial score (nSPS) is 14.4. The highest BCUT2D eigenvalue weighted by Crippen LogP contribution is 2.26. The number of primary amides is 1. The molecule has 1 fully saturated rings. The number of hydrogen-bond acceptors (Lipinski definition) is 9. The quantitative estimate of drug-likeness (QED) is 0.464. The van der Waals surface area contributed by atoms with Gasteiger partial charge < -0.3 is 16.8 Å². The van der Waals surface area contributed by atoms with Crippen molar-refractivity contribution in [3.8, 4) is 16.8 Å². The molecular formula is C23H24N8O2S. The maximum absolute atomic E-state index is 12.6. The fourth-order valence-electron chi connectivity index (χ4n) is 3.86. The van der Waals surface area contributed by atoms with E-state index in [1.807, 2.05) is 24.4 Å². The molecule has 0 unspecified atom stereocenters. The highest BCUT2D eigenvalue weighted by molar-refractivity contribution is 7.14. The number of nitrogen functional groups attached to an aromatic ring is 1. The Kier molecular flexibility index (Phi) is 7.10. The number of piperidine rings is 1. The first-order valence-electron chi connectivity index (χ1n) is 10.8. The zero-order valence-corrected chi connectivity index (χ0v) is 19.2. The summed E-state index contributed by atoms with van der Waals surface area (Å²) in [5.74, 6) is -1.02. The highest BCUT2D eigenvalue weighted by atomic mass is 32.1. The molecular weight excluding hydrogens is 452 g/mol.